The molecule has 2 aromatic carbocycles. The van der Waals surface area contributed by atoms with E-state index in [1.807, 2.05) is 6.07 Å². The molecule has 3 heterocycles. The number of nitrogens with one attached hydrogen (secondary N) is 1. The molecule has 4 nitrogen and oxygen atoms in total. The summed E-state index contributed by atoms with van der Waals surface area (Å²) in [5.41, 5.74) is 3.47. The lowest BCUT2D eigenvalue weighted by atomic mass is 9.88. The molecule has 0 spiro atoms. The Morgan fingerprint density at radius 2 is 1.79 bits per heavy atom. The van der Waals surface area contributed by atoms with Crippen molar-refractivity contribution in [2.24, 2.45) is 0 Å². The van der Waals surface area contributed by atoms with Gasteiger partial charge in [0.15, 0.2) is 0 Å². The molecule has 4 heteroatoms. The molecule has 148 valence electrons. The van der Waals surface area contributed by atoms with E-state index in [-0.39, 0.29) is 11.9 Å². The van der Waals surface area contributed by atoms with E-state index in [9.17, 15) is 4.79 Å². The number of nitrogens with zero attached hydrogens (tertiary/aromatic N) is 2. The van der Waals surface area contributed by atoms with Gasteiger partial charge in [-0.15, -0.1) is 0 Å². The molecule has 1 aromatic heterocycles. The Hall–Kier alpha value is -2.72. The first-order valence-corrected chi connectivity index (χ1v) is 10.7. The van der Waals surface area contributed by atoms with Crippen molar-refractivity contribution in [3.05, 3.63) is 78.0 Å². The smallest absolute Gasteiger partial charge is 0.220 e. The Morgan fingerprint density at radius 1 is 0.966 bits per heavy atom. The molecule has 2 aliphatic rings. The maximum Gasteiger partial charge on any atom is 0.220 e. The van der Waals surface area contributed by atoms with Gasteiger partial charge in [-0.25, -0.2) is 0 Å². The highest BCUT2D eigenvalue weighted by Crippen LogP contribution is 2.36. The van der Waals surface area contributed by atoms with Gasteiger partial charge in [0.05, 0.1) is 17.3 Å². The zero-order chi connectivity index (χ0) is 19.6. The second kappa shape index (κ2) is 7.96. The minimum atomic E-state index is 0.172. The first-order chi connectivity index (χ1) is 14.3. The fourth-order valence-corrected chi connectivity index (χ4v) is 5.05. The number of carbonyl (C=O) groups is 1. The molecule has 1 N–H and O–H groups in total. The van der Waals surface area contributed by atoms with E-state index in [1.54, 1.807) is 0 Å². The minimum Gasteiger partial charge on any atom is -0.351 e. The van der Waals surface area contributed by atoms with Crippen molar-refractivity contribution >= 4 is 16.8 Å². The van der Waals surface area contributed by atoms with Gasteiger partial charge < -0.3 is 5.32 Å². The Balaban J connectivity index is 1.45. The van der Waals surface area contributed by atoms with Crippen LogP contribution in [0.3, 0.4) is 0 Å². The summed E-state index contributed by atoms with van der Waals surface area (Å²) in [6, 6.07) is 23.8. The summed E-state index contributed by atoms with van der Waals surface area (Å²) in [6.07, 6.45) is 3.86. The van der Waals surface area contributed by atoms with Gasteiger partial charge in [0, 0.05) is 36.9 Å². The first-order valence-electron chi connectivity index (χ1n) is 10.7. The van der Waals surface area contributed by atoms with Crippen molar-refractivity contribution in [1.82, 2.24) is 15.2 Å². The number of likely N-dealkylation sites (tertiary alicyclic amines) is 1. The van der Waals surface area contributed by atoms with Gasteiger partial charge in [0.2, 0.25) is 5.91 Å². The van der Waals surface area contributed by atoms with E-state index in [2.05, 4.69) is 70.9 Å². The molecule has 0 bridgehead atoms. The van der Waals surface area contributed by atoms with Crippen molar-refractivity contribution in [2.45, 2.75) is 50.2 Å². The summed E-state index contributed by atoms with van der Waals surface area (Å²) in [4.78, 5) is 19.9. The van der Waals surface area contributed by atoms with Crippen molar-refractivity contribution in [2.75, 3.05) is 6.54 Å². The molecule has 0 unspecified atom stereocenters. The van der Waals surface area contributed by atoms with E-state index >= 15 is 0 Å². The van der Waals surface area contributed by atoms with Crippen molar-refractivity contribution in [3.8, 4) is 0 Å². The number of hydrogen-bond acceptors (Lipinski definition) is 3. The number of hydrogen-bond donors (Lipinski definition) is 1. The van der Waals surface area contributed by atoms with Crippen LogP contribution in [0.1, 0.15) is 42.9 Å². The van der Waals surface area contributed by atoms with Gasteiger partial charge in [-0.2, -0.15) is 0 Å². The summed E-state index contributed by atoms with van der Waals surface area (Å²) >= 11 is 0. The number of benzene rings is 2. The van der Waals surface area contributed by atoms with Crippen LogP contribution in [0.2, 0.25) is 0 Å². The van der Waals surface area contributed by atoms with E-state index in [4.69, 9.17) is 4.98 Å². The molecule has 2 fully saturated rings. The van der Waals surface area contributed by atoms with Crippen LogP contribution in [0.5, 0.6) is 0 Å². The van der Waals surface area contributed by atoms with Crippen LogP contribution in [0.25, 0.3) is 10.9 Å². The summed E-state index contributed by atoms with van der Waals surface area (Å²) in [5, 5.41) is 4.55. The second-order valence-electron chi connectivity index (χ2n) is 8.35. The quantitative estimate of drug-likeness (QED) is 0.733. The summed E-state index contributed by atoms with van der Waals surface area (Å²) in [7, 11) is 0. The van der Waals surface area contributed by atoms with Crippen LogP contribution >= 0.6 is 0 Å². The lowest BCUT2D eigenvalue weighted by Crippen LogP contribution is -2.47. The zero-order valence-corrected chi connectivity index (χ0v) is 16.6. The normalized spacial score (nSPS) is 25.2. The molecule has 5 rings (SSSR count). The van der Waals surface area contributed by atoms with E-state index in [0.717, 1.165) is 43.6 Å². The molecule has 2 saturated heterocycles. The number of rotatable bonds is 3. The fourth-order valence-electron chi connectivity index (χ4n) is 5.05. The monoisotopic (exact) mass is 385 g/mol. The Kier molecular flexibility index (Phi) is 5.03. The number of amides is 1. The molecule has 0 aliphatic carbocycles. The Morgan fingerprint density at radius 3 is 2.69 bits per heavy atom. The van der Waals surface area contributed by atoms with E-state index in [0.29, 0.717) is 18.4 Å². The predicted octanol–water partition coefficient (Wildman–Crippen LogP) is 4.26. The SMILES string of the molecule is O=C1CCCC[C@@H]2[C@@H](N1)[C@H](c1ccccc1)CN2Cc1ccc2ccccc2n1. The highest BCUT2D eigenvalue weighted by Gasteiger charge is 2.43. The first kappa shape index (κ1) is 18.3. The summed E-state index contributed by atoms with van der Waals surface area (Å²) in [6.45, 7) is 1.78. The van der Waals surface area contributed by atoms with Crippen molar-refractivity contribution in [3.63, 3.8) is 0 Å². The van der Waals surface area contributed by atoms with Crippen LogP contribution in [-0.2, 0) is 11.3 Å². The maximum absolute atomic E-state index is 12.4. The lowest BCUT2D eigenvalue weighted by molar-refractivity contribution is -0.122. The average Bonchev–Trinajstić information content (AvgIpc) is 3.06. The molecule has 29 heavy (non-hydrogen) atoms. The summed E-state index contributed by atoms with van der Waals surface area (Å²) in [5.74, 6) is 0.523. The third kappa shape index (κ3) is 3.77. The van der Waals surface area contributed by atoms with Gasteiger partial charge in [0.25, 0.3) is 0 Å². The molecule has 3 aromatic rings. The largest absolute Gasteiger partial charge is 0.351 e. The van der Waals surface area contributed by atoms with E-state index < -0.39 is 0 Å². The standard InChI is InChI=1S/C25H27N3O/c29-24-13-7-6-12-23-25(27-24)21(18-8-2-1-3-9-18)17-28(23)16-20-15-14-19-10-4-5-11-22(19)26-20/h1-5,8-11,14-15,21,23,25H,6-7,12-13,16-17H2,(H,27,29)/t21-,23+,25-/m0/s1. The summed E-state index contributed by atoms with van der Waals surface area (Å²) < 4.78 is 0. The van der Waals surface area contributed by atoms with Crippen molar-refractivity contribution < 1.29 is 4.79 Å². The van der Waals surface area contributed by atoms with Gasteiger partial charge in [-0.1, -0.05) is 61.0 Å². The molecule has 0 saturated carbocycles. The molecule has 3 atom stereocenters. The second-order valence-corrected chi connectivity index (χ2v) is 8.35. The third-order valence-corrected chi connectivity index (χ3v) is 6.48. The van der Waals surface area contributed by atoms with Crippen LogP contribution in [0.4, 0.5) is 0 Å². The van der Waals surface area contributed by atoms with Gasteiger partial charge in [-0.05, 0) is 30.5 Å². The molecule has 1 amide bonds. The van der Waals surface area contributed by atoms with Gasteiger partial charge in [0.1, 0.15) is 0 Å². The fraction of sp³-hybridized carbons (Fsp3) is 0.360. The highest BCUT2D eigenvalue weighted by molar-refractivity contribution is 5.78. The van der Waals surface area contributed by atoms with Crippen LogP contribution < -0.4 is 5.32 Å². The van der Waals surface area contributed by atoms with Crippen LogP contribution in [-0.4, -0.2) is 34.4 Å². The Bertz CT molecular complexity index is 1000. The highest BCUT2D eigenvalue weighted by atomic mass is 16.1. The van der Waals surface area contributed by atoms with Crippen molar-refractivity contribution in [1.29, 1.82) is 0 Å². The topological polar surface area (TPSA) is 45.2 Å². The number of fused-ring (bicyclic) bond motifs is 2. The van der Waals surface area contributed by atoms with Gasteiger partial charge in [-0.3, -0.25) is 14.7 Å². The third-order valence-electron chi connectivity index (χ3n) is 6.48. The van der Waals surface area contributed by atoms with Crippen LogP contribution in [0, 0.1) is 0 Å². The molecular formula is C25H27N3O. The Labute approximate surface area is 171 Å². The molecular weight excluding hydrogens is 358 g/mol. The maximum atomic E-state index is 12.4. The number of aromatic nitrogens is 1. The molecule has 0 radical (unpaired) electrons. The minimum absolute atomic E-state index is 0.172. The number of pyridine rings is 1. The van der Waals surface area contributed by atoms with E-state index in [1.165, 1.54) is 10.9 Å². The molecule has 2 aliphatic heterocycles. The van der Waals surface area contributed by atoms with Gasteiger partial charge >= 0.3 is 0 Å². The predicted molar refractivity (Wildman–Crippen MR) is 116 cm³/mol. The zero-order valence-electron chi connectivity index (χ0n) is 16.6. The number of para-hydroxylation sites is 1. The lowest BCUT2D eigenvalue weighted by Gasteiger charge is -2.31. The van der Waals surface area contributed by atoms with Crippen LogP contribution in [0.15, 0.2) is 66.7 Å². The number of carbonyl (C=O) groups excluding carboxylic acids is 1. The average molecular weight is 386 g/mol.